The highest BCUT2D eigenvalue weighted by atomic mass is 31.2. The lowest BCUT2D eigenvalue weighted by Crippen LogP contribution is -2.43. The maximum absolute atomic E-state index is 2.47. The van der Waals surface area contributed by atoms with E-state index in [0.29, 0.717) is 0 Å². The minimum Gasteiger partial charge on any atom is -0.102 e. The van der Waals surface area contributed by atoms with Crippen LogP contribution < -0.4 is 0 Å². The fraction of sp³-hybridized carbons (Fsp3) is 1.00. The number of hydrogen-bond donors (Lipinski definition) is 0. The molecule has 1 atom stereocenters. The lowest BCUT2D eigenvalue weighted by atomic mass is 9.99. The molecular weight excluding hydrogens is 381 g/mol. The Labute approximate surface area is 177 Å². The van der Waals surface area contributed by atoms with Crippen LogP contribution in [0.5, 0.6) is 0 Å². The van der Waals surface area contributed by atoms with Crippen molar-refractivity contribution in [3.8, 4) is 0 Å². The van der Waals surface area contributed by atoms with E-state index < -0.39 is 0 Å². The molecule has 0 aliphatic heterocycles. The van der Waals surface area contributed by atoms with Gasteiger partial charge in [-0.3, -0.25) is 0 Å². The molecule has 0 aromatic heterocycles. The topological polar surface area (TPSA) is 0 Å². The van der Waals surface area contributed by atoms with Crippen molar-refractivity contribution >= 4 is 23.8 Å². The summed E-state index contributed by atoms with van der Waals surface area (Å²) in [6, 6.07) is 0. The van der Waals surface area contributed by atoms with E-state index in [1.165, 1.54) is 38.5 Å². The lowest BCUT2D eigenvalue weighted by molar-refractivity contribution is 0.482. The van der Waals surface area contributed by atoms with Crippen LogP contribution in [0.4, 0.5) is 0 Å². The highest BCUT2D eigenvalue weighted by Gasteiger charge is 2.51. The van der Waals surface area contributed by atoms with Gasteiger partial charge in [-0.15, -0.1) is 7.92 Å². The van der Waals surface area contributed by atoms with Crippen LogP contribution in [-0.4, -0.2) is 47.5 Å². The van der Waals surface area contributed by atoms with E-state index in [2.05, 4.69) is 41.5 Å². The third-order valence-electron chi connectivity index (χ3n) is 6.34. The summed E-state index contributed by atoms with van der Waals surface area (Å²) in [7, 11) is 0.710. The van der Waals surface area contributed by atoms with E-state index in [9.17, 15) is 0 Å². The Balaban J connectivity index is 3.41. The molecule has 1 aliphatic rings. The third kappa shape index (κ3) is 7.18. The van der Waals surface area contributed by atoms with Crippen LogP contribution >= 0.6 is 23.8 Å². The van der Waals surface area contributed by atoms with Crippen LogP contribution in [0.1, 0.15) is 106 Å². The molecule has 27 heavy (non-hydrogen) atoms. The molecule has 0 spiro atoms. The van der Waals surface area contributed by atoms with Crippen molar-refractivity contribution in [2.45, 2.75) is 116 Å². The molecule has 0 amide bonds. The maximum Gasteiger partial charge on any atom is 0.0173 e. The van der Waals surface area contributed by atoms with Crippen molar-refractivity contribution in [1.29, 1.82) is 0 Å². The van der Waals surface area contributed by atoms with Crippen molar-refractivity contribution in [3.05, 3.63) is 0 Å². The van der Waals surface area contributed by atoms with Crippen LogP contribution in [0.2, 0.25) is 0 Å². The molecule has 1 rings (SSSR count). The smallest absolute Gasteiger partial charge is 0.0173 e. The molecule has 0 saturated heterocycles. The van der Waals surface area contributed by atoms with Crippen molar-refractivity contribution in [3.63, 3.8) is 0 Å². The summed E-state index contributed by atoms with van der Waals surface area (Å²) in [5.74, 6) is 0. The van der Waals surface area contributed by atoms with Crippen LogP contribution in [0.15, 0.2) is 0 Å². The molecule has 0 nitrogen and oxygen atoms in total. The summed E-state index contributed by atoms with van der Waals surface area (Å²) < 4.78 is 0. The Kier molecular flexibility index (Phi) is 14.8. The predicted octanol–water partition coefficient (Wildman–Crippen LogP) is 9.53. The molecule has 162 valence electrons. The average Bonchev–Trinajstić information content (AvgIpc) is 2.67. The van der Waals surface area contributed by atoms with Crippen LogP contribution in [0, 0.1) is 0 Å². The summed E-state index contributed by atoms with van der Waals surface area (Å²) >= 11 is 0. The Morgan fingerprint density at radius 3 is 1.37 bits per heavy atom. The fourth-order valence-corrected chi connectivity index (χ4v) is 19.8. The largest absolute Gasteiger partial charge is 0.102 e. The van der Waals surface area contributed by atoms with E-state index in [4.69, 9.17) is 0 Å². The van der Waals surface area contributed by atoms with Gasteiger partial charge in [0.05, 0.1) is 0 Å². The Morgan fingerprint density at radius 1 is 0.593 bits per heavy atom. The van der Waals surface area contributed by atoms with E-state index in [-0.39, 0.29) is 23.8 Å². The van der Waals surface area contributed by atoms with Crippen molar-refractivity contribution < 1.29 is 0 Å². The molecule has 1 fully saturated rings. The third-order valence-corrected chi connectivity index (χ3v) is 19.3. The van der Waals surface area contributed by atoms with E-state index in [0.717, 1.165) is 10.6 Å². The summed E-state index contributed by atoms with van der Waals surface area (Å²) in [4.78, 5) is 0.816. The molecule has 0 radical (unpaired) electrons. The van der Waals surface area contributed by atoms with Gasteiger partial charge in [-0.1, -0.05) is 109 Å². The zero-order valence-electron chi connectivity index (χ0n) is 19.7. The summed E-state index contributed by atoms with van der Waals surface area (Å²) in [5.41, 5.74) is 1.13. The second-order valence-corrected chi connectivity index (χ2v) is 17.2. The summed E-state index contributed by atoms with van der Waals surface area (Å²) in [6.45, 7) is 14.8. The van der Waals surface area contributed by atoms with Gasteiger partial charge in [0.25, 0.3) is 0 Å². The molecule has 1 unspecified atom stereocenters. The zero-order valence-corrected chi connectivity index (χ0v) is 22.4. The molecular formula is C24H51P3. The first-order chi connectivity index (χ1) is 13.2. The highest BCUT2D eigenvalue weighted by molar-refractivity contribution is 7.79. The van der Waals surface area contributed by atoms with E-state index in [1.54, 1.807) is 62.7 Å². The average molecular weight is 433 g/mol. The van der Waals surface area contributed by atoms with Gasteiger partial charge in [-0.05, 0) is 55.5 Å². The van der Waals surface area contributed by atoms with Crippen molar-refractivity contribution in [2.24, 2.45) is 0 Å². The fourth-order valence-electron chi connectivity index (χ4n) is 5.61. The predicted molar refractivity (Wildman–Crippen MR) is 137 cm³/mol. The number of rotatable bonds is 15. The van der Waals surface area contributed by atoms with Crippen LogP contribution in [0.25, 0.3) is 0 Å². The Hall–Kier alpha value is 1.29. The molecule has 1 aliphatic carbocycles. The summed E-state index contributed by atoms with van der Waals surface area (Å²) in [6.07, 6.45) is 24.3. The minimum atomic E-state index is 0.226. The van der Waals surface area contributed by atoms with E-state index >= 15 is 0 Å². The Morgan fingerprint density at radius 2 is 1.00 bits per heavy atom. The first-order valence-corrected chi connectivity index (χ1v) is 17.6. The normalized spacial score (nSPS) is 20.1. The molecule has 3 heteroatoms. The van der Waals surface area contributed by atoms with Gasteiger partial charge in [-0.2, -0.15) is 0 Å². The molecule has 0 aromatic carbocycles. The first kappa shape index (κ1) is 26.3. The van der Waals surface area contributed by atoms with Gasteiger partial charge in [0.15, 0.2) is 0 Å². The molecule has 0 heterocycles. The molecule has 0 aromatic rings. The van der Waals surface area contributed by atoms with Gasteiger partial charge >= 0.3 is 0 Å². The van der Waals surface area contributed by atoms with Gasteiger partial charge in [0.1, 0.15) is 0 Å². The second kappa shape index (κ2) is 15.1. The maximum atomic E-state index is 2.47. The van der Waals surface area contributed by atoms with Crippen LogP contribution in [-0.2, 0) is 0 Å². The van der Waals surface area contributed by atoms with Gasteiger partial charge in [-0.25, -0.2) is 0 Å². The quantitative estimate of drug-likeness (QED) is 0.226. The van der Waals surface area contributed by atoms with Gasteiger partial charge in [0, 0.05) is 4.90 Å². The number of hydrogen-bond acceptors (Lipinski definition) is 0. The van der Waals surface area contributed by atoms with Crippen molar-refractivity contribution in [2.75, 3.05) is 37.0 Å². The standard InChI is InChI=1S/C24H51P3/c1-7-17-25(18-8-2)23-15-13-14-16-24(23,26(19-9-3)20-10-4)27(21-11-5)22-12-6/h23H,7-22H2,1-6H3. The first-order valence-electron chi connectivity index (χ1n) is 12.4. The van der Waals surface area contributed by atoms with Gasteiger partial charge < -0.3 is 0 Å². The van der Waals surface area contributed by atoms with Crippen molar-refractivity contribution in [1.82, 2.24) is 0 Å². The SMILES string of the molecule is CCCP(CCC)C1CCCCC1(P(CCC)CCC)P(CCC)CCC. The summed E-state index contributed by atoms with van der Waals surface area (Å²) in [5, 5.41) is 0. The molecule has 0 N–H and O–H groups in total. The highest BCUT2D eigenvalue weighted by Crippen LogP contribution is 2.77. The zero-order chi connectivity index (χ0) is 20.1. The lowest BCUT2D eigenvalue weighted by Gasteiger charge is -2.57. The monoisotopic (exact) mass is 432 g/mol. The minimum absolute atomic E-state index is 0.226. The van der Waals surface area contributed by atoms with Crippen LogP contribution in [0.3, 0.4) is 0 Å². The van der Waals surface area contributed by atoms with Gasteiger partial charge in [0.2, 0.25) is 0 Å². The molecule has 0 bridgehead atoms. The molecule has 1 saturated carbocycles. The van der Waals surface area contributed by atoms with E-state index in [1.807, 2.05) is 0 Å². The Bertz CT molecular complexity index is 324. The second-order valence-electron chi connectivity index (χ2n) is 8.65.